The van der Waals surface area contributed by atoms with E-state index in [4.69, 9.17) is 11.6 Å². The second-order valence-corrected chi connectivity index (χ2v) is 7.99. The number of aromatic nitrogens is 2. The summed E-state index contributed by atoms with van der Waals surface area (Å²) >= 11 is 6.03. The van der Waals surface area contributed by atoms with Crippen LogP contribution in [0.5, 0.6) is 0 Å². The Morgan fingerprint density at radius 3 is 2.35 bits per heavy atom. The molecule has 158 valence electrons. The molecule has 2 amide bonds. The highest BCUT2D eigenvalue weighted by atomic mass is 35.5. The van der Waals surface area contributed by atoms with Crippen molar-refractivity contribution in [2.45, 2.75) is 18.9 Å². The zero-order valence-electron chi connectivity index (χ0n) is 16.9. The second-order valence-electron chi connectivity index (χ2n) is 7.56. The van der Waals surface area contributed by atoms with Gasteiger partial charge in [0.05, 0.1) is 17.9 Å². The third-order valence-corrected chi connectivity index (χ3v) is 5.79. The van der Waals surface area contributed by atoms with Gasteiger partial charge in [0.1, 0.15) is 0 Å². The van der Waals surface area contributed by atoms with Crippen molar-refractivity contribution < 1.29 is 9.59 Å². The maximum Gasteiger partial charge on any atom is 0.253 e. The highest BCUT2D eigenvalue weighted by molar-refractivity contribution is 6.30. The zero-order chi connectivity index (χ0) is 21.6. The monoisotopic (exact) mass is 434 g/mol. The Labute approximate surface area is 186 Å². The Bertz CT molecular complexity index is 1020. The molecule has 1 aliphatic rings. The first-order valence-electron chi connectivity index (χ1n) is 10.3. The van der Waals surface area contributed by atoms with Crippen molar-refractivity contribution in [3.63, 3.8) is 0 Å². The number of rotatable bonds is 5. The summed E-state index contributed by atoms with van der Waals surface area (Å²) in [6, 6.07) is 16.2. The van der Waals surface area contributed by atoms with Gasteiger partial charge in [-0.15, -0.1) is 0 Å². The lowest BCUT2D eigenvalue weighted by Gasteiger charge is -2.32. The molecule has 0 radical (unpaired) electrons. The number of halogens is 1. The van der Waals surface area contributed by atoms with Crippen LogP contribution >= 0.6 is 11.6 Å². The predicted octanol–water partition coefficient (Wildman–Crippen LogP) is 3.89. The van der Waals surface area contributed by atoms with Gasteiger partial charge in [-0.25, -0.2) is 0 Å². The first kappa shape index (κ1) is 21.0. The molecular weight excluding hydrogens is 412 g/mol. The Balaban J connectivity index is 1.42. The number of carbonyl (C=O) groups excluding carboxylic acids is 2. The van der Waals surface area contributed by atoms with Crippen molar-refractivity contribution in [2.24, 2.45) is 5.92 Å². The molecule has 3 aromatic rings. The van der Waals surface area contributed by atoms with Gasteiger partial charge in [0.2, 0.25) is 5.91 Å². The second kappa shape index (κ2) is 9.71. The summed E-state index contributed by atoms with van der Waals surface area (Å²) in [6.45, 7) is 1.12. The van der Waals surface area contributed by atoms with Gasteiger partial charge in [-0.05, 0) is 42.7 Å². The van der Waals surface area contributed by atoms with E-state index in [9.17, 15) is 9.59 Å². The summed E-state index contributed by atoms with van der Waals surface area (Å²) in [4.78, 5) is 36.1. The Hall–Kier alpha value is -3.25. The number of amides is 2. The van der Waals surface area contributed by atoms with Crippen molar-refractivity contribution in [3.8, 4) is 0 Å². The van der Waals surface area contributed by atoms with Crippen molar-refractivity contribution in [1.29, 1.82) is 0 Å². The number of piperidine rings is 1. The van der Waals surface area contributed by atoms with Crippen molar-refractivity contribution in [1.82, 2.24) is 20.2 Å². The molecule has 1 atom stereocenters. The Kier molecular flexibility index (Phi) is 6.57. The average Bonchev–Trinajstić information content (AvgIpc) is 2.84. The van der Waals surface area contributed by atoms with Crippen LogP contribution in [-0.4, -0.2) is 39.8 Å². The maximum absolute atomic E-state index is 13.1. The van der Waals surface area contributed by atoms with Gasteiger partial charge in [-0.3, -0.25) is 19.6 Å². The third kappa shape index (κ3) is 5.09. The Morgan fingerprint density at radius 2 is 1.71 bits per heavy atom. The molecule has 6 nitrogen and oxygen atoms in total. The van der Waals surface area contributed by atoms with E-state index in [0.717, 1.165) is 5.56 Å². The maximum atomic E-state index is 13.1. The smallest absolute Gasteiger partial charge is 0.253 e. The standard InChI is InChI=1S/C24H23ClN4O2/c25-20-8-6-17(7-9-20)22(21-16-26-12-13-27-21)28-23(30)18-10-14-29(15-11-18)24(31)19-4-2-1-3-5-19/h1-9,12-13,16,18,22H,10-11,14-15H2,(H,28,30). The van der Waals surface area contributed by atoms with Crippen molar-refractivity contribution in [2.75, 3.05) is 13.1 Å². The van der Waals surface area contributed by atoms with Gasteiger partial charge in [0.25, 0.3) is 5.91 Å². The van der Waals surface area contributed by atoms with E-state index >= 15 is 0 Å². The summed E-state index contributed by atoms with van der Waals surface area (Å²) in [5.74, 6) is -0.193. The fourth-order valence-corrected chi connectivity index (χ4v) is 3.94. The first-order chi connectivity index (χ1) is 15.1. The number of hydrogen-bond acceptors (Lipinski definition) is 4. The third-order valence-electron chi connectivity index (χ3n) is 5.54. The van der Waals surface area contributed by atoms with Crippen LogP contribution in [0.3, 0.4) is 0 Å². The fraction of sp³-hybridized carbons (Fsp3) is 0.250. The molecule has 1 aromatic heterocycles. The highest BCUT2D eigenvalue weighted by Gasteiger charge is 2.30. The van der Waals surface area contributed by atoms with E-state index in [-0.39, 0.29) is 17.7 Å². The molecule has 2 heterocycles. The lowest BCUT2D eigenvalue weighted by molar-refractivity contribution is -0.126. The molecule has 1 N–H and O–H groups in total. The molecule has 1 saturated heterocycles. The first-order valence-corrected chi connectivity index (χ1v) is 10.7. The molecule has 0 saturated carbocycles. The van der Waals surface area contributed by atoms with E-state index in [2.05, 4.69) is 15.3 Å². The summed E-state index contributed by atoms with van der Waals surface area (Å²) in [6.07, 6.45) is 6.11. The van der Waals surface area contributed by atoms with Crippen LogP contribution in [0.1, 0.15) is 40.5 Å². The molecule has 7 heteroatoms. The van der Waals surface area contributed by atoms with Gasteiger partial charge >= 0.3 is 0 Å². The number of hydrogen-bond donors (Lipinski definition) is 1. The molecule has 0 spiro atoms. The van der Waals surface area contributed by atoms with Crippen LogP contribution in [0.2, 0.25) is 5.02 Å². The number of benzene rings is 2. The number of carbonyl (C=O) groups is 2. The van der Waals surface area contributed by atoms with E-state index in [0.29, 0.717) is 42.2 Å². The quantitative estimate of drug-likeness (QED) is 0.661. The summed E-state index contributed by atoms with van der Waals surface area (Å²) in [7, 11) is 0. The zero-order valence-corrected chi connectivity index (χ0v) is 17.7. The predicted molar refractivity (Wildman–Crippen MR) is 119 cm³/mol. The van der Waals surface area contributed by atoms with Crippen LogP contribution in [0.4, 0.5) is 0 Å². The van der Waals surface area contributed by atoms with Crippen LogP contribution < -0.4 is 5.32 Å². The normalized spacial score (nSPS) is 15.3. The highest BCUT2D eigenvalue weighted by Crippen LogP contribution is 2.25. The molecule has 31 heavy (non-hydrogen) atoms. The van der Waals surface area contributed by atoms with E-state index in [1.54, 1.807) is 30.7 Å². The molecule has 1 aliphatic heterocycles. The lowest BCUT2D eigenvalue weighted by Crippen LogP contribution is -2.44. The lowest BCUT2D eigenvalue weighted by atomic mass is 9.94. The van der Waals surface area contributed by atoms with Gasteiger partial charge < -0.3 is 10.2 Å². The fourth-order valence-electron chi connectivity index (χ4n) is 3.81. The van der Waals surface area contributed by atoms with Crippen LogP contribution in [0.15, 0.2) is 73.2 Å². The summed E-state index contributed by atoms with van der Waals surface area (Å²) < 4.78 is 0. The van der Waals surface area contributed by atoms with E-state index < -0.39 is 6.04 Å². The van der Waals surface area contributed by atoms with Crippen molar-refractivity contribution >= 4 is 23.4 Å². The van der Waals surface area contributed by atoms with Crippen LogP contribution in [0.25, 0.3) is 0 Å². The molecule has 2 aromatic carbocycles. The minimum Gasteiger partial charge on any atom is -0.343 e. The van der Waals surface area contributed by atoms with Crippen LogP contribution in [-0.2, 0) is 4.79 Å². The average molecular weight is 435 g/mol. The SMILES string of the molecule is O=C(NC(c1ccc(Cl)cc1)c1cnccn1)C1CCN(C(=O)c2ccccc2)CC1. The molecule has 1 unspecified atom stereocenters. The van der Waals surface area contributed by atoms with Crippen molar-refractivity contribution in [3.05, 3.63) is 95.0 Å². The number of likely N-dealkylation sites (tertiary alicyclic amines) is 1. The minimum absolute atomic E-state index is 0.0121. The van der Waals surface area contributed by atoms with Gasteiger partial charge in [-0.2, -0.15) is 0 Å². The molecular formula is C24H23ClN4O2. The van der Waals surface area contributed by atoms with Crippen LogP contribution in [0, 0.1) is 5.92 Å². The Morgan fingerprint density at radius 1 is 1.00 bits per heavy atom. The summed E-state index contributed by atoms with van der Waals surface area (Å²) in [5.41, 5.74) is 2.22. The van der Waals surface area contributed by atoms with Gasteiger partial charge in [0.15, 0.2) is 0 Å². The molecule has 1 fully saturated rings. The molecule has 0 bridgehead atoms. The number of nitrogens with one attached hydrogen (secondary N) is 1. The molecule has 4 rings (SSSR count). The van der Waals surface area contributed by atoms with E-state index in [1.165, 1.54) is 0 Å². The largest absolute Gasteiger partial charge is 0.343 e. The topological polar surface area (TPSA) is 75.2 Å². The number of nitrogens with zero attached hydrogens (tertiary/aromatic N) is 3. The molecule has 0 aliphatic carbocycles. The van der Waals surface area contributed by atoms with Gasteiger partial charge in [0, 0.05) is 42.0 Å². The minimum atomic E-state index is -0.414. The van der Waals surface area contributed by atoms with Gasteiger partial charge in [-0.1, -0.05) is 41.9 Å². The summed E-state index contributed by atoms with van der Waals surface area (Å²) in [5, 5.41) is 3.75. The van der Waals surface area contributed by atoms with E-state index in [1.807, 2.05) is 47.4 Å².